The molecule has 1 aromatic carbocycles. The van der Waals surface area contributed by atoms with Crippen LogP contribution in [0.25, 0.3) is 0 Å². The SMILES string of the molecule is COc1ccc(CC(C)(CN)NN(C)C)cc1. The Morgan fingerprint density at radius 3 is 2.29 bits per heavy atom. The summed E-state index contributed by atoms with van der Waals surface area (Å²) in [6.45, 7) is 2.70. The lowest BCUT2D eigenvalue weighted by molar-refractivity contribution is 0.175. The Kier molecular flexibility index (Phi) is 4.93. The van der Waals surface area contributed by atoms with Gasteiger partial charge < -0.3 is 10.5 Å². The molecule has 0 aliphatic rings. The molecule has 0 bridgehead atoms. The molecule has 0 radical (unpaired) electrons. The van der Waals surface area contributed by atoms with E-state index in [1.165, 1.54) is 5.56 Å². The van der Waals surface area contributed by atoms with E-state index in [4.69, 9.17) is 10.5 Å². The van der Waals surface area contributed by atoms with Crippen molar-refractivity contribution in [2.45, 2.75) is 18.9 Å². The third-order valence-corrected chi connectivity index (χ3v) is 2.70. The second-order valence-electron chi connectivity index (χ2n) is 4.80. The third-order valence-electron chi connectivity index (χ3n) is 2.70. The molecule has 96 valence electrons. The monoisotopic (exact) mass is 237 g/mol. The van der Waals surface area contributed by atoms with E-state index in [1.54, 1.807) is 7.11 Å². The topological polar surface area (TPSA) is 50.5 Å². The Labute approximate surface area is 104 Å². The summed E-state index contributed by atoms with van der Waals surface area (Å²) in [5.74, 6) is 0.878. The molecular formula is C13H23N3O. The number of ether oxygens (including phenoxy) is 1. The maximum Gasteiger partial charge on any atom is 0.118 e. The number of methoxy groups -OCH3 is 1. The Morgan fingerprint density at radius 1 is 1.29 bits per heavy atom. The lowest BCUT2D eigenvalue weighted by atomic mass is 9.93. The minimum atomic E-state index is -0.127. The second-order valence-corrected chi connectivity index (χ2v) is 4.80. The van der Waals surface area contributed by atoms with Crippen molar-refractivity contribution < 1.29 is 4.74 Å². The normalized spacial score (nSPS) is 14.7. The van der Waals surface area contributed by atoms with E-state index in [2.05, 4.69) is 24.5 Å². The quantitative estimate of drug-likeness (QED) is 0.725. The molecule has 0 saturated carbocycles. The largest absolute Gasteiger partial charge is 0.497 e. The molecule has 0 aromatic heterocycles. The minimum Gasteiger partial charge on any atom is -0.497 e. The van der Waals surface area contributed by atoms with Crippen molar-refractivity contribution in [1.82, 2.24) is 10.4 Å². The number of hydrazine groups is 1. The van der Waals surface area contributed by atoms with Crippen LogP contribution in [0, 0.1) is 0 Å². The fourth-order valence-corrected chi connectivity index (χ4v) is 1.89. The number of rotatable bonds is 6. The molecule has 1 atom stereocenters. The van der Waals surface area contributed by atoms with Crippen LogP contribution in [0.5, 0.6) is 5.75 Å². The predicted octanol–water partition coefficient (Wildman–Crippen LogP) is 1.02. The summed E-state index contributed by atoms with van der Waals surface area (Å²) in [7, 11) is 5.62. The van der Waals surface area contributed by atoms with Crippen molar-refractivity contribution in [1.29, 1.82) is 0 Å². The third kappa shape index (κ3) is 4.34. The van der Waals surface area contributed by atoms with Crippen molar-refractivity contribution in [2.24, 2.45) is 5.73 Å². The maximum atomic E-state index is 5.85. The molecule has 0 spiro atoms. The summed E-state index contributed by atoms with van der Waals surface area (Å²) in [6.07, 6.45) is 0.881. The van der Waals surface area contributed by atoms with Crippen molar-refractivity contribution >= 4 is 0 Å². The van der Waals surface area contributed by atoms with Gasteiger partial charge in [-0.2, -0.15) is 0 Å². The average Bonchev–Trinajstić information content (AvgIpc) is 2.29. The highest BCUT2D eigenvalue weighted by molar-refractivity contribution is 5.28. The average molecular weight is 237 g/mol. The van der Waals surface area contributed by atoms with Crippen LogP contribution in [0.3, 0.4) is 0 Å². The van der Waals surface area contributed by atoms with Crippen LogP contribution in [0.15, 0.2) is 24.3 Å². The van der Waals surface area contributed by atoms with E-state index in [0.717, 1.165) is 12.2 Å². The lowest BCUT2D eigenvalue weighted by Gasteiger charge is -2.33. The van der Waals surface area contributed by atoms with E-state index >= 15 is 0 Å². The fourth-order valence-electron chi connectivity index (χ4n) is 1.89. The molecule has 0 heterocycles. The molecule has 0 aliphatic heterocycles. The number of hydrogen-bond acceptors (Lipinski definition) is 4. The van der Waals surface area contributed by atoms with E-state index < -0.39 is 0 Å². The second kappa shape index (κ2) is 6.00. The van der Waals surface area contributed by atoms with Crippen LogP contribution >= 0.6 is 0 Å². The van der Waals surface area contributed by atoms with Gasteiger partial charge in [0.15, 0.2) is 0 Å². The Hall–Kier alpha value is -1.10. The maximum absolute atomic E-state index is 5.85. The Bertz CT molecular complexity index is 337. The van der Waals surface area contributed by atoms with Crippen LogP contribution in [0.2, 0.25) is 0 Å². The smallest absolute Gasteiger partial charge is 0.118 e. The molecule has 0 amide bonds. The van der Waals surface area contributed by atoms with E-state index in [-0.39, 0.29) is 5.54 Å². The highest BCUT2D eigenvalue weighted by Gasteiger charge is 2.23. The molecule has 4 nitrogen and oxygen atoms in total. The van der Waals surface area contributed by atoms with E-state index in [1.807, 2.05) is 31.2 Å². The summed E-state index contributed by atoms with van der Waals surface area (Å²) < 4.78 is 5.14. The standard InChI is InChI=1S/C13H23N3O/c1-13(10-14,15-16(2)3)9-11-5-7-12(17-4)8-6-11/h5-8,15H,9-10,14H2,1-4H3. The molecule has 1 unspecified atom stereocenters. The molecule has 0 saturated heterocycles. The van der Waals surface area contributed by atoms with Gasteiger partial charge in [-0.05, 0) is 31.0 Å². The first-order valence-electron chi connectivity index (χ1n) is 5.77. The first kappa shape index (κ1) is 14.0. The molecule has 0 aliphatic carbocycles. The fraction of sp³-hybridized carbons (Fsp3) is 0.538. The van der Waals surface area contributed by atoms with Crippen LogP contribution in [-0.2, 0) is 6.42 Å². The molecule has 1 rings (SSSR count). The zero-order chi connectivity index (χ0) is 12.9. The molecular weight excluding hydrogens is 214 g/mol. The summed E-state index contributed by atoms with van der Waals surface area (Å²) >= 11 is 0. The van der Waals surface area contributed by atoms with Gasteiger partial charge in [0.1, 0.15) is 5.75 Å². The Balaban J connectivity index is 2.72. The van der Waals surface area contributed by atoms with Gasteiger partial charge in [-0.3, -0.25) is 5.01 Å². The number of nitrogens with one attached hydrogen (secondary N) is 1. The van der Waals surface area contributed by atoms with Gasteiger partial charge in [0.05, 0.1) is 7.11 Å². The van der Waals surface area contributed by atoms with Crippen LogP contribution in [0.1, 0.15) is 12.5 Å². The van der Waals surface area contributed by atoms with Gasteiger partial charge in [0.25, 0.3) is 0 Å². The van der Waals surface area contributed by atoms with Crippen LogP contribution in [-0.4, -0.2) is 38.3 Å². The van der Waals surface area contributed by atoms with Gasteiger partial charge in [0, 0.05) is 26.2 Å². The molecule has 0 fully saturated rings. The highest BCUT2D eigenvalue weighted by Crippen LogP contribution is 2.16. The van der Waals surface area contributed by atoms with E-state index in [9.17, 15) is 0 Å². The summed E-state index contributed by atoms with van der Waals surface area (Å²) in [4.78, 5) is 0. The minimum absolute atomic E-state index is 0.127. The summed E-state index contributed by atoms with van der Waals surface area (Å²) in [5, 5.41) is 1.94. The van der Waals surface area contributed by atoms with Gasteiger partial charge in [-0.1, -0.05) is 12.1 Å². The van der Waals surface area contributed by atoms with Crippen molar-refractivity contribution in [3.05, 3.63) is 29.8 Å². The number of nitrogens with zero attached hydrogens (tertiary/aromatic N) is 1. The molecule has 3 N–H and O–H groups in total. The first-order valence-corrected chi connectivity index (χ1v) is 5.77. The Morgan fingerprint density at radius 2 is 1.88 bits per heavy atom. The van der Waals surface area contributed by atoms with Gasteiger partial charge >= 0.3 is 0 Å². The van der Waals surface area contributed by atoms with Gasteiger partial charge in [-0.25, -0.2) is 5.43 Å². The molecule has 17 heavy (non-hydrogen) atoms. The predicted molar refractivity (Wildman–Crippen MR) is 71.0 cm³/mol. The number of nitrogens with two attached hydrogens (primary N) is 1. The van der Waals surface area contributed by atoms with Gasteiger partial charge in [-0.15, -0.1) is 0 Å². The van der Waals surface area contributed by atoms with Crippen LogP contribution < -0.4 is 15.9 Å². The highest BCUT2D eigenvalue weighted by atomic mass is 16.5. The number of hydrogen-bond donors (Lipinski definition) is 2. The molecule has 1 aromatic rings. The zero-order valence-corrected chi connectivity index (χ0v) is 11.2. The summed E-state index contributed by atoms with van der Waals surface area (Å²) in [6, 6.07) is 8.10. The van der Waals surface area contributed by atoms with Crippen LogP contribution in [0.4, 0.5) is 0 Å². The van der Waals surface area contributed by atoms with Crippen molar-refractivity contribution in [3.63, 3.8) is 0 Å². The molecule has 4 heteroatoms. The lowest BCUT2D eigenvalue weighted by Crippen LogP contribution is -2.55. The summed E-state index contributed by atoms with van der Waals surface area (Å²) in [5.41, 5.74) is 10.3. The van der Waals surface area contributed by atoms with Gasteiger partial charge in [0.2, 0.25) is 0 Å². The first-order chi connectivity index (χ1) is 7.99. The van der Waals surface area contributed by atoms with Crippen molar-refractivity contribution in [3.8, 4) is 5.75 Å². The zero-order valence-electron chi connectivity index (χ0n) is 11.2. The number of benzene rings is 1. The van der Waals surface area contributed by atoms with Crippen molar-refractivity contribution in [2.75, 3.05) is 27.7 Å². The van der Waals surface area contributed by atoms with E-state index in [0.29, 0.717) is 6.54 Å².